The lowest BCUT2D eigenvalue weighted by Crippen LogP contribution is -2.20. The van der Waals surface area contributed by atoms with Crippen LogP contribution in [0.25, 0.3) is 0 Å². The molecule has 1 N–H and O–H groups in total. The Hall–Kier alpha value is -0.580. The second kappa shape index (κ2) is 8.65. The molecule has 0 bridgehead atoms. The first-order valence-corrected chi connectivity index (χ1v) is 8.23. The van der Waals surface area contributed by atoms with Crippen molar-refractivity contribution < 1.29 is 9.47 Å². The summed E-state index contributed by atoms with van der Waals surface area (Å²) in [6, 6.07) is 6.27. The fourth-order valence-electron chi connectivity index (χ4n) is 2.53. The standard InChI is InChI=1S/C16H24BrNO2/c1-19-10-9-18-12-13-11-15(7-8-16(13)17)20-14-5-3-2-4-6-14/h7-8,11,14,18H,2-6,9-10,12H2,1H3. The topological polar surface area (TPSA) is 30.5 Å². The molecule has 0 heterocycles. The van der Waals surface area contributed by atoms with E-state index in [0.29, 0.717) is 6.10 Å². The van der Waals surface area contributed by atoms with E-state index in [1.807, 2.05) is 0 Å². The third kappa shape index (κ3) is 5.08. The van der Waals surface area contributed by atoms with E-state index in [1.54, 1.807) is 7.11 Å². The summed E-state index contributed by atoms with van der Waals surface area (Å²) in [5.74, 6) is 0.989. The van der Waals surface area contributed by atoms with Crippen molar-refractivity contribution in [2.45, 2.75) is 44.8 Å². The van der Waals surface area contributed by atoms with E-state index in [9.17, 15) is 0 Å². The summed E-state index contributed by atoms with van der Waals surface area (Å²) < 4.78 is 12.3. The third-order valence-electron chi connectivity index (χ3n) is 3.67. The van der Waals surface area contributed by atoms with Gasteiger partial charge in [-0.3, -0.25) is 0 Å². The lowest BCUT2D eigenvalue weighted by molar-refractivity contribution is 0.155. The molecule has 1 aliphatic rings. The van der Waals surface area contributed by atoms with Crippen molar-refractivity contribution in [1.29, 1.82) is 0 Å². The smallest absolute Gasteiger partial charge is 0.120 e. The molecular formula is C16H24BrNO2. The van der Waals surface area contributed by atoms with Gasteiger partial charge in [-0.1, -0.05) is 22.4 Å². The zero-order valence-corrected chi connectivity index (χ0v) is 13.7. The molecule has 1 fully saturated rings. The number of hydrogen-bond donors (Lipinski definition) is 1. The number of rotatable bonds is 7. The number of nitrogens with one attached hydrogen (secondary N) is 1. The largest absolute Gasteiger partial charge is 0.490 e. The van der Waals surface area contributed by atoms with Crippen molar-refractivity contribution in [3.63, 3.8) is 0 Å². The molecule has 0 radical (unpaired) electrons. The monoisotopic (exact) mass is 341 g/mol. The Kier molecular flexibility index (Phi) is 6.83. The van der Waals surface area contributed by atoms with E-state index in [0.717, 1.165) is 29.9 Å². The number of halogens is 1. The Morgan fingerprint density at radius 2 is 2.05 bits per heavy atom. The van der Waals surface area contributed by atoms with Gasteiger partial charge in [0.15, 0.2) is 0 Å². The minimum absolute atomic E-state index is 0.402. The molecule has 2 rings (SSSR count). The van der Waals surface area contributed by atoms with Gasteiger partial charge in [0.2, 0.25) is 0 Å². The minimum atomic E-state index is 0.402. The maximum absolute atomic E-state index is 6.11. The van der Waals surface area contributed by atoms with Crippen LogP contribution in [-0.4, -0.2) is 26.4 Å². The molecule has 112 valence electrons. The summed E-state index contributed by atoms with van der Waals surface area (Å²) in [5.41, 5.74) is 1.23. The molecule has 1 aliphatic carbocycles. The van der Waals surface area contributed by atoms with Crippen LogP contribution in [0.1, 0.15) is 37.7 Å². The fraction of sp³-hybridized carbons (Fsp3) is 0.625. The van der Waals surface area contributed by atoms with Crippen LogP contribution in [0.4, 0.5) is 0 Å². The van der Waals surface area contributed by atoms with Crippen molar-refractivity contribution >= 4 is 15.9 Å². The number of methoxy groups -OCH3 is 1. The molecule has 20 heavy (non-hydrogen) atoms. The lowest BCUT2D eigenvalue weighted by atomic mass is 9.98. The van der Waals surface area contributed by atoms with E-state index in [4.69, 9.17) is 9.47 Å². The van der Waals surface area contributed by atoms with Crippen LogP contribution in [0, 0.1) is 0 Å². The van der Waals surface area contributed by atoms with E-state index in [2.05, 4.69) is 39.4 Å². The highest BCUT2D eigenvalue weighted by Crippen LogP contribution is 2.27. The second-order valence-corrected chi connectivity index (χ2v) is 6.15. The predicted molar refractivity (Wildman–Crippen MR) is 85.2 cm³/mol. The summed E-state index contributed by atoms with van der Waals surface area (Å²) in [6.07, 6.45) is 6.74. The van der Waals surface area contributed by atoms with Gasteiger partial charge in [0.25, 0.3) is 0 Å². The van der Waals surface area contributed by atoms with Crippen LogP contribution < -0.4 is 10.1 Å². The van der Waals surface area contributed by atoms with Crippen molar-refractivity contribution in [1.82, 2.24) is 5.32 Å². The van der Waals surface area contributed by atoms with Gasteiger partial charge in [0.1, 0.15) is 5.75 Å². The van der Waals surface area contributed by atoms with Crippen molar-refractivity contribution in [3.8, 4) is 5.75 Å². The van der Waals surface area contributed by atoms with E-state index >= 15 is 0 Å². The first kappa shape index (κ1) is 15.8. The van der Waals surface area contributed by atoms with Crippen LogP contribution in [0.2, 0.25) is 0 Å². The van der Waals surface area contributed by atoms with Crippen LogP contribution in [0.15, 0.2) is 22.7 Å². The highest BCUT2D eigenvalue weighted by atomic mass is 79.9. The molecule has 1 aromatic carbocycles. The molecular weight excluding hydrogens is 318 g/mol. The molecule has 0 saturated heterocycles. The van der Waals surface area contributed by atoms with Gasteiger partial charge in [0.05, 0.1) is 12.7 Å². The number of ether oxygens (including phenoxy) is 2. The molecule has 1 aromatic rings. The van der Waals surface area contributed by atoms with Gasteiger partial charge >= 0.3 is 0 Å². The van der Waals surface area contributed by atoms with E-state index < -0.39 is 0 Å². The van der Waals surface area contributed by atoms with Gasteiger partial charge in [-0.2, -0.15) is 0 Å². The Balaban J connectivity index is 1.89. The zero-order chi connectivity index (χ0) is 14.2. The lowest BCUT2D eigenvalue weighted by Gasteiger charge is -2.23. The van der Waals surface area contributed by atoms with Crippen LogP contribution >= 0.6 is 15.9 Å². The van der Waals surface area contributed by atoms with Crippen LogP contribution in [0.3, 0.4) is 0 Å². The Labute approximate surface area is 130 Å². The fourth-order valence-corrected chi connectivity index (χ4v) is 2.92. The molecule has 1 saturated carbocycles. The van der Waals surface area contributed by atoms with Crippen molar-refractivity contribution in [2.24, 2.45) is 0 Å². The third-order valence-corrected chi connectivity index (χ3v) is 4.44. The molecule has 0 amide bonds. The molecule has 0 atom stereocenters. The quantitative estimate of drug-likeness (QED) is 0.763. The first-order chi connectivity index (χ1) is 9.79. The Morgan fingerprint density at radius 3 is 2.80 bits per heavy atom. The van der Waals surface area contributed by atoms with Crippen molar-refractivity contribution in [3.05, 3.63) is 28.2 Å². The van der Waals surface area contributed by atoms with E-state index in [1.165, 1.54) is 37.7 Å². The average molecular weight is 342 g/mol. The predicted octanol–water partition coefficient (Wildman–Crippen LogP) is 3.90. The molecule has 0 aliphatic heterocycles. The van der Waals surface area contributed by atoms with Crippen molar-refractivity contribution in [2.75, 3.05) is 20.3 Å². The zero-order valence-electron chi connectivity index (χ0n) is 12.2. The second-order valence-electron chi connectivity index (χ2n) is 5.30. The Bertz CT molecular complexity index is 405. The van der Waals surface area contributed by atoms with Crippen LogP contribution in [-0.2, 0) is 11.3 Å². The highest BCUT2D eigenvalue weighted by Gasteiger charge is 2.15. The average Bonchev–Trinajstić information content (AvgIpc) is 2.48. The molecule has 0 aromatic heterocycles. The van der Waals surface area contributed by atoms with E-state index in [-0.39, 0.29) is 0 Å². The number of hydrogen-bond acceptors (Lipinski definition) is 3. The molecule has 0 unspecified atom stereocenters. The van der Waals surface area contributed by atoms with Gasteiger partial charge in [-0.25, -0.2) is 0 Å². The first-order valence-electron chi connectivity index (χ1n) is 7.44. The maximum Gasteiger partial charge on any atom is 0.120 e. The van der Waals surface area contributed by atoms with Gasteiger partial charge in [-0.15, -0.1) is 0 Å². The van der Waals surface area contributed by atoms with Gasteiger partial charge in [0, 0.05) is 24.7 Å². The molecule has 3 nitrogen and oxygen atoms in total. The molecule has 4 heteroatoms. The SMILES string of the molecule is COCCNCc1cc(OC2CCCCC2)ccc1Br. The summed E-state index contributed by atoms with van der Waals surface area (Å²) >= 11 is 3.60. The Morgan fingerprint density at radius 1 is 1.25 bits per heavy atom. The summed E-state index contributed by atoms with van der Waals surface area (Å²) in [7, 11) is 1.72. The minimum Gasteiger partial charge on any atom is -0.490 e. The highest BCUT2D eigenvalue weighted by molar-refractivity contribution is 9.10. The summed E-state index contributed by atoms with van der Waals surface area (Å²) in [6.45, 7) is 2.42. The van der Waals surface area contributed by atoms with Gasteiger partial charge < -0.3 is 14.8 Å². The van der Waals surface area contributed by atoms with Gasteiger partial charge in [-0.05, 0) is 49.4 Å². The van der Waals surface area contributed by atoms with Crippen LogP contribution in [0.5, 0.6) is 5.75 Å². The summed E-state index contributed by atoms with van der Waals surface area (Å²) in [4.78, 5) is 0. The molecule has 0 spiro atoms. The summed E-state index contributed by atoms with van der Waals surface area (Å²) in [5, 5.41) is 3.36. The number of benzene rings is 1. The maximum atomic E-state index is 6.11. The normalized spacial score (nSPS) is 16.3.